The van der Waals surface area contributed by atoms with Crippen LogP contribution >= 0.6 is 11.6 Å². The van der Waals surface area contributed by atoms with E-state index in [0.717, 1.165) is 0 Å². The van der Waals surface area contributed by atoms with Gasteiger partial charge in [-0.1, -0.05) is 23.7 Å². The highest BCUT2D eigenvalue weighted by Gasteiger charge is 2.35. The maximum absolute atomic E-state index is 12.9. The summed E-state index contributed by atoms with van der Waals surface area (Å²) in [5, 5.41) is 3.17. The quantitative estimate of drug-likeness (QED) is 0.935. The molecule has 0 aliphatic carbocycles. The van der Waals surface area contributed by atoms with Crippen LogP contribution in [-0.2, 0) is 9.59 Å². The van der Waals surface area contributed by atoms with Crippen LogP contribution in [0.3, 0.4) is 0 Å². The molecule has 4 nitrogen and oxygen atoms in total. The molecule has 2 aromatic carbocycles. The molecular formula is C17H14ClFN2O2. The van der Waals surface area contributed by atoms with Crippen molar-refractivity contribution in [3.8, 4) is 0 Å². The van der Waals surface area contributed by atoms with Crippen LogP contribution < -0.4 is 10.2 Å². The van der Waals surface area contributed by atoms with Crippen LogP contribution in [0.2, 0.25) is 5.02 Å². The molecule has 0 saturated carbocycles. The third-order valence-electron chi connectivity index (χ3n) is 3.75. The molecule has 6 heteroatoms. The van der Waals surface area contributed by atoms with Gasteiger partial charge in [-0.05, 0) is 36.4 Å². The molecule has 1 atom stereocenters. The van der Waals surface area contributed by atoms with Crippen LogP contribution in [0.1, 0.15) is 6.42 Å². The lowest BCUT2D eigenvalue weighted by atomic mass is 10.1. The lowest BCUT2D eigenvalue weighted by Gasteiger charge is -2.18. The standard InChI is InChI=1S/C17H14ClFN2O2/c18-14-3-1-2-4-15(14)21-10-11(9-16(21)22)17(23)20-13-7-5-12(19)6-8-13/h1-8,11H,9-10H2,(H,20,23). The van der Waals surface area contributed by atoms with Crippen molar-refractivity contribution in [2.75, 3.05) is 16.8 Å². The molecule has 1 fully saturated rings. The Morgan fingerprint density at radius 2 is 1.87 bits per heavy atom. The molecule has 1 unspecified atom stereocenters. The SMILES string of the molecule is O=C(Nc1ccc(F)cc1)C1CC(=O)N(c2ccccc2Cl)C1. The summed E-state index contributed by atoms with van der Waals surface area (Å²) in [6, 6.07) is 12.5. The number of hydrogen-bond acceptors (Lipinski definition) is 2. The lowest BCUT2D eigenvalue weighted by Crippen LogP contribution is -2.28. The summed E-state index contributed by atoms with van der Waals surface area (Å²) in [7, 11) is 0. The number of benzene rings is 2. The fourth-order valence-corrected chi connectivity index (χ4v) is 2.80. The Kier molecular flexibility index (Phi) is 4.30. The number of carbonyl (C=O) groups is 2. The minimum atomic E-state index is -0.469. The van der Waals surface area contributed by atoms with Gasteiger partial charge in [0.1, 0.15) is 5.82 Å². The van der Waals surface area contributed by atoms with Crippen LogP contribution in [-0.4, -0.2) is 18.4 Å². The molecular weight excluding hydrogens is 319 g/mol. The van der Waals surface area contributed by atoms with Crippen molar-refractivity contribution in [2.45, 2.75) is 6.42 Å². The number of nitrogens with zero attached hydrogens (tertiary/aromatic N) is 1. The van der Waals surface area contributed by atoms with E-state index in [9.17, 15) is 14.0 Å². The Bertz CT molecular complexity index is 749. The first kappa shape index (κ1) is 15.5. The van der Waals surface area contributed by atoms with Gasteiger partial charge in [-0.25, -0.2) is 4.39 Å². The van der Waals surface area contributed by atoms with Gasteiger partial charge in [0, 0.05) is 18.7 Å². The van der Waals surface area contributed by atoms with Crippen LogP contribution in [0.25, 0.3) is 0 Å². The van der Waals surface area contributed by atoms with Crippen molar-refractivity contribution < 1.29 is 14.0 Å². The normalized spacial score (nSPS) is 17.4. The summed E-state index contributed by atoms with van der Waals surface area (Å²) in [6.45, 7) is 0.273. The first-order chi connectivity index (χ1) is 11.0. The zero-order valence-corrected chi connectivity index (χ0v) is 12.9. The van der Waals surface area contributed by atoms with Gasteiger partial charge in [0.25, 0.3) is 0 Å². The van der Waals surface area contributed by atoms with E-state index in [1.807, 2.05) is 0 Å². The average molecular weight is 333 g/mol. The minimum Gasteiger partial charge on any atom is -0.326 e. The zero-order chi connectivity index (χ0) is 16.4. The molecule has 0 spiro atoms. The number of nitrogens with one attached hydrogen (secondary N) is 1. The molecule has 0 bridgehead atoms. The van der Waals surface area contributed by atoms with Crippen molar-refractivity contribution >= 4 is 34.8 Å². The number of rotatable bonds is 3. The summed E-state index contributed by atoms with van der Waals surface area (Å²) >= 11 is 6.11. The molecule has 1 N–H and O–H groups in total. The highest BCUT2D eigenvalue weighted by Crippen LogP contribution is 2.31. The van der Waals surface area contributed by atoms with Crippen molar-refractivity contribution in [2.24, 2.45) is 5.92 Å². The summed E-state index contributed by atoms with van der Waals surface area (Å²) in [6.07, 6.45) is 0.123. The van der Waals surface area contributed by atoms with Gasteiger partial charge in [0.05, 0.1) is 16.6 Å². The topological polar surface area (TPSA) is 49.4 Å². The monoisotopic (exact) mass is 332 g/mol. The van der Waals surface area contributed by atoms with E-state index < -0.39 is 5.92 Å². The van der Waals surface area contributed by atoms with Crippen LogP contribution in [0.15, 0.2) is 48.5 Å². The van der Waals surface area contributed by atoms with E-state index in [0.29, 0.717) is 16.4 Å². The van der Waals surface area contributed by atoms with Crippen molar-refractivity contribution in [3.63, 3.8) is 0 Å². The fraction of sp³-hybridized carbons (Fsp3) is 0.176. The average Bonchev–Trinajstić information content (AvgIpc) is 2.92. The highest BCUT2D eigenvalue weighted by atomic mass is 35.5. The third kappa shape index (κ3) is 3.35. The minimum absolute atomic E-state index is 0.123. The number of halogens is 2. The molecule has 1 aliphatic rings. The third-order valence-corrected chi connectivity index (χ3v) is 4.07. The molecule has 0 aromatic heterocycles. The lowest BCUT2D eigenvalue weighted by molar-refractivity contribution is -0.122. The Hall–Kier alpha value is -2.40. The van der Waals surface area contributed by atoms with E-state index >= 15 is 0 Å². The van der Waals surface area contributed by atoms with E-state index in [2.05, 4.69) is 5.32 Å². The zero-order valence-electron chi connectivity index (χ0n) is 12.1. The Labute approximate surface area is 137 Å². The van der Waals surface area contributed by atoms with E-state index in [4.69, 9.17) is 11.6 Å². The van der Waals surface area contributed by atoms with E-state index in [1.165, 1.54) is 29.2 Å². The second-order valence-corrected chi connectivity index (χ2v) is 5.76. The highest BCUT2D eigenvalue weighted by molar-refractivity contribution is 6.33. The van der Waals surface area contributed by atoms with Gasteiger partial charge in [0.15, 0.2) is 0 Å². The Morgan fingerprint density at radius 3 is 2.57 bits per heavy atom. The second kappa shape index (κ2) is 6.38. The molecule has 118 valence electrons. The molecule has 2 amide bonds. The number of anilines is 2. The van der Waals surface area contributed by atoms with Gasteiger partial charge < -0.3 is 10.2 Å². The Balaban J connectivity index is 1.71. The molecule has 1 saturated heterocycles. The maximum Gasteiger partial charge on any atom is 0.229 e. The van der Waals surface area contributed by atoms with Crippen LogP contribution in [0.5, 0.6) is 0 Å². The van der Waals surface area contributed by atoms with Gasteiger partial charge in [-0.15, -0.1) is 0 Å². The molecule has 1 heterocycles. The molecule has 23 heavy (non-hydrogen) atoms. The Morgan fingerprint density at radius 1 is 1.17 bits per heavy atom. The predicted molar refractivity (Wildman–Crippen MR) is 86.9 cm³/mol. The summed E-state index contributed by atoms with van der Waals surface area (Å²) in [5.41, 5.74) is 1.11. The first-order valence-corrected chi connectivity index (χ1v) is 7.54. The second-order valence-electron chi connectivity index (χ2n) is 5.35. The van der Waals surface area contributed by atoms with Crippen molar-refractivity contribution in [1.29, 1.82) is 0 Å². The predicted octanol–water partition coefficient (Wildman–Crippen LogP) is 3.47. The van der Waals surface area contributed by atoms with Gasteiger partial charge in [-0.2, -0.15) is 0 Å². The number of amides is 2. The maximum atomic E-state index is 12.9. The first-order valence-electron chi connectivity index (χ1n) is 7.16. The van der Waals surface area contributed by atoms with Gasteiger partial charge >= 0.3 is 0 Å². The summed E-state index contributed by atoms with van der Waals surface area (Å²) < 4.78 is 12.9. The van der Waals surface area contributed by atoms with Gasteiger partial charge in [0.2, 0.25) is 11.8 Å². The number of carbonyl (C=O) groups excluding carboxylic acids is 2. The molecule has 2 aromatic rings. The molecule has 0 radical (unpaired) electrons. The van der Waals surface area contributed by atoms with Crippen molar-refractivity contribution in [1.82, 2.24) is 0 Å². The number of hydrogen-bond donors (Lipinski definition) is 1. The summed E-state index contributed by atoms with van der Waals surface area (Å²) in [4.78, 5) is 26.0. The molecule has 1 aliphatic heterocycles. The van der Waals surface area contributed by atoms with Crippen molar-refractivity contribution in [3.05, 3.63) is 59.4 Å². The van der Waals surface area contributed by atoms with Crippen LogP contribution in [0, 0.1) is 11.7 Å². The van der Waals surface area contributed by atoms with Gasteiger partial charge in [-0.3, -0.25) is 9.59 Å². The molecule has 3 rings (SSSR count). The largest absolute Gasteiger partial charge is 0.326 e. The van der Waals surface area contributed by atoms with E-state index in [-0.39, 0.29) is 30.6 Å². The van der Waals surface area contributed by atoms with E-state index in [1.54, 1.807) is 24.3 Å². The smallest absolute Gasteiger partial charge is 0.229 e. The number of para-hydroxylation sites is 1. The summed E-state index contributed by atoms with van der Waals surface area (Å²) in [5.74, 6) is -1.25. The fourth-order valence-electron chi connectivity index (χ4n) is 2.56. The van der Waals surface area contributed by atoms with Crippen LogP contribution in [0.4, 0.5) is 15.8 Å².